The molecule has 0 bridgehead atoms. The number of methoxy groups -OCH3 is 1. The van der Waals surface area contributed by atoms with E-state index in [4.69, 9.17) is 15.0 Å². The number of carbonyl (C=O) groups excluding carboxylic acids is 1. The number of nitrogens with zero attached hydrogens (tertiary/aromatic N) is 4. The number of anilines is 1. The highest BCUT2D eigenvalue weighted by Gasteiger charge is 2.19. The maximum Gasteiger partial charge on any atom is 0.258 e. The number of fused-ring (bicyclic) bond motifs is 1. The molecule has 0 spiro atoms. The number of benzene rings is 2. The number of carbonyl (C=O) groups is 1. The van der Waals surface area contributed by atoms with Crippen molar-refractivity contribution < 1.29 is 9.53 Å². The summed E-state index contributed by atoms with van der Waals surface area (Å²) in [5.74, 6) is 0.230. The predicted molar refractivity (Wildman–Crippen MR) is 134 cm³/mol. The summed E-state index contributed by atoms with van der Waals surface area (Å²) in [6.07, 6.45) is 7.35. The third kappa shape index (κ3) is 5.64. The average Bonchev–Trinajstić information content (AvgIpc) is 3.20. The normalized spacial score (nSPS) is 14.4. The Morgan fingerprint density at radius 1 is 1.24 bits per heavy atom. The number of nitriles is 1. The highest BCUT2D eigenvalue weighted by molar-refractivity contribution is 6.04. The van der Waals surface area contributed by atoms with Gasteiger partial charge in [-0.1, -0.05) is 31.4 Å². The Balaban J connectivity index is 1.58. The van der Waals surface area contributed by atoms with E-state index >= 15 is 0 Å². The Bertz CT molecular complexity index is 1170. The molecule has 178 valence electrons. The van der Waals surface area contributed by atoms with E-state index < -0.39 is 0 Å². The molecule has 1 saturated carbocycles. The summed E-state index contributed by atoms with van der Waals surface area (Å²) in [4.78, 5) is 20.2. The van der Waals surface area contributed by atoms with Crippen molar-refractivity contribution in [2.75, 3.05) is 26.1 Å². The first-order chi connectivity index (χ1) is 16.6. The molecule has 3 aromatic rings. The number of hydrogen-bond donors (Lipinski definition) is 1. The van der Waals surface area contributed by atoms with Crippen LogP contribution in [0.2, 0.25) is 0 Å². The van der Waals surface area contributed by atoms with Crippen LogP contribution in [0.3, 0.4) is 0 Å². The molecule has 4 rings (SSSR count). The molecular weight excluding hydrogens is 426 g/mol. The standard InChI is InChI=1S/C27H33N5O2/c1-31(23-10-4-3-5-11-23)19-21-12-13-25-24(17-21)29-27(32(25)14-7-15-34-2)30-26(33)22-9-6-8-20(16-22)18-28/h6,8-9,12-13,16-17,23H,3-5,7,10-11,14-15,19H2,1-2H3,(H,29,30,33). The van der Waals surface area contributed by atoms with Gasteiger partial charge in [0.2, 0.25) is 5.95 Å². The zero-order chi connectivity index (χ0) is 23.9. The molecule has 34 heavy (non-hydrogen) atoms. The number of rotatable bonds is 9. The summed E-state index contributed by atoms with van der Waals surface area (Å²) in [6, 6.07) is 15.8. The monoisotopic (exact) mass is 459 g/mol. The van der Waals surface area contributed by atoms with E-state index in [-0.39, 0.29) is 5.91 Å². The Kier molecular flexibility index (Phi) is 7.94. The molecule has 1 aliphatic carbocycles. The number of ether oxygens (including phenoxy) is 1. The maximum atomic E-state index is 12.9. The van der Waals surface area contributed by atoms with Crippen molar-refractivity contribution in [3.05, 3.63) is 59.2 Å². The lowest BCUT2D eigenvalue weighted by Crippen LogP contribution is -2.32. The molecule has 1 aliphatic rings. The smallest absolute Gasteiger partial charge is 0.258 e. The summed E-state index contributed by atoms with van der Waals surface area (Å²) in [7, 11) is 3.90. The molecule has 2 aromatic carbocycles. The Labute approximate surface area is 201 Å². The molecule has 0 atom stereocenters. The van der Waals surface area contributed by atoms with Gasteiger partial charge in [-0.2, -0.15) is 5.26 Å². The predicted octanol–water partition coefficient (Wildman–Crippen LogP) is 4.96. The summed E-state index contributed by atoms with van der Waals surface area (Å²) >= 11 is 0. The number of hydrogen-bond acceptors (Lipinski definition) is 5. The second kappa shape index (κ2) is 11.3. The van der Waals surface area contributed by atoms with Crippen molar-refractivity contribution >= 4 is 22.9 Å². The number of aryl methyl sites for hydroxylation is 1. The SMILES string of the molecule is COCCCn1c(NC(=O)c2cccc(C#N)c2)nc2cc(CN(C)C3CCCCC3)ccc21. The minimum absolute atomic E-state index is 0.280. The molecule has 1 N–H and O–H groups in total. The maximum absolute atomic E-state index is 12.9. The van der Waals surface area contributed by atoms with E-state index in [0.29, 0.717) is 36.3 Å². The number of amides is 1. The van der Waals surface area contributed by atoms with Gasteiger partial charge in [0.05, 0.1) is 22.7 Å². The van der Waals surface area contributed by atoms with Gasteiger partial charge in [0, 0.05) is 38.4 Å². The number of aromatic nitrogens is 2. The second-order valence-electron chi connectivity index (χ2n) is 9.11. The summed E-state index contributed by atoms with van der Waals surface area (Å²) < 4.78 is 7.27. The topological polar surface area (TPSA) is 83.2 Å². The van der Waals surface area contributed by atoms with E-state index in [9.17, 15) is 4.79 Å². The second-order valence-corrected chi connectivity index (χ2v) is 9.11. The fraction of sp³-hybridized carbons (Fsp3) is 0.444. The molecular formula is C27H33N5O2. The minimum atomic E-state index is -0.280. The molecule has 0 aliphatic heterocycles. The van der Waals surface area contributed by atoms with Gasteiger partial charge in [-0.25, -0.2) is 4.98 Å². The third-order valence-electron chi connectivity index (χ3n) is 6.65. The van der Waals surface area contributed by atoms with Crippen LogP contribution < -0.4 is 5.32 Å². The lowest BCUT2D eigenvalue weighted by molar-refractivity contribution is 0.102. The molecule has 0 saturated heterocycles. The van der Waals surface area contributed by atoms with Crippen LogP contribution in [-0.4, -0.2) is 47.2 Å². The summed E-state index contributed by atoms with van der Waals surface area (Å²) in [5.41, 5.74) is 3.97. The van der Waals surface area contributed by atoms with Gasteiger partial charge in [-0.05, 0) is 62.2 Å². The first-order valence-corrected chi connectivity index (χ1v) is 12.1. The largest absolute Gasteiger partial charge is 0.385 e. The van der Waals surface area contributed by atoms with E-state index in [2.05, 4.69) is 41.5 Å². The Morgan fingerprint density at radius 2 is 2.06 bits per heavy atom. The molecule has 0 unspecified atom stereocenters. The van der Waals surface area contributed by atoms with Crippen LogP contribution in [0.5, 0.6) is 0 Å². The van der Waals surface area contributed by atoms with Gasteiger partial charge in [0.25, 0.3) is 5.91 Å². The molecule has 1 amide bonds. The van der Waals surface area contributed by atoms with E-state index in [1.165, 1.54) is 37.7 Å². The average molecular weight is 460 g/mol. The van der Waals surface area contributed by atoms with Crippen LogP contribution in [0, 0.1) is 11.3 Å². The van der Waals surface area contributed by atoms with Gasteiger partial charge < -0.3 is 9.30 Å². The van der Waals surface area contributed by atoms with Crippen molar-refractivity contribution in [2.45, 2.75) is 57.7 Å². The fourth-order valence-electron chi connectivity index (χ4n) is 4.81. The quantitative estimate of drug-likeness (QED) is 0.457. The van der Waals surface area contributed by atoms with Crippen molar-refractivity contribution in [3.63, 3.8) is 0 Å². The van der Waals surface area contributed by atoms with Gasteiger partial charge in [-0.3, -0.25) is 15.0 Å². The molecule has 1 aromatic heterocycles. The van der Waals surface area contributed by atoms with Gasteiger partial charge in [0.1, 0.15) is 0 Å². The van der Waals surface area contributed by atoms with Crippen LogP contribution in [-0.2, 0) is 17.8 Å². The molecule has 7 nitrogen and oxygen atoms in total. The lowest BCUT2D eigenvalue weighted by Gasteiger charge is -2.31. The van der Waals surface area contributed by atoms with Gasteiger partial charge in [0.15, 0.2) is 0 Å². The molecule has 1 heterocycles. The molecule has 1 fully saturated rings. The number of imidazole rings is 1. The van der Waals surface area contributed by atoms with E-state index in [1.54, 1.807) is 31.4 Å². The van der Waals surface area contributed by atoms with E-state index in [0.717, 1.165) is 24.0 Å². The summed E-state index contributed by atoms with van der Waals surface area (Å²) in [6.45, 7) is 2.20. The van der Waals surface area contributed by atoms with Crippen molar-refractivity contribution in [1.29, 1.82) is 5.26 Å². The van der Waals surface area contributed by atoms with Crippen LogP contribution in [0.15, 0.2) is 42.5 Å². The van der Waals surface area contributed by atoms with Crippen LogP contribution in [0.4, 0.5) is 5.95 Å². The van der Waals surface area contributed by atoms with Gasteiger partial charge >= 0.3 is 0 Å². The lowest BCUT2D eigenvalue weighted by atomic mass is 9.94. The first-order valence-electron chi connectivity index (χ1n) is 12.1. The zero-order valence-corrected chi connectivity index (χ0v) is 20.1. The first kappa shape index (κ1) is 23.9. The van der Waals surface area contributed by atoms with Crippen LogP contribution in [0.25, 0.3) is 11.0 Å². The van der Waals surface area contributed by atoms with Crippen molar-refractivity contribution in [1.82, 2.24) is 14.5 Å². The minimum Gasteiger partial charge on any atom is -0.385 e. The third-order valence-corrected chi connectivity index (χ3v) is 6.65. The molecule has 0 radical (unpaired) electrons. The number of nitrogens with one attached hydrogen (secondary N) is 1. The van der Waals surface area contributed by atoms with Crippen LogP contribution >= 0.6 is 0 Å². The van der Waals surface area contributed by atoms with E-state index in [1.807, 2.05) is 4.57 Å². The Morgan fingerprint density at radius 3 is 2.82 bits per heavy atom. The highest BCUT2D eigenvalue weighted by Crippen LogP contribution is 2.26. The zero-order valence-electron chi connectivity index (χ0n) is 20.1. The van der Waals surface area contributed by atoms with Crippen LogP contribution in [0.1, 0.15) is 60.0 Å². The van der Waals surface area contributed by atoms with Crippen molar-refractivity contribution in [2.24, 2.45) is 0 Å². The Hall–Kier alpha value is -3.21. The van der Waals surface area contributed by atoms with Crippen molar-refractivity contribution in [3.8, 4) is 6.07 Å². The summed E-state index contributed by atoms with van der Waals surface area (Å²) in [5, 5.41) is 12.1. The van der Waals surface area contributed by atoms with Gasteiger partial charge in [-0.15, -0.1) is 0 Å². The fourth-order valence-corrected chi connectivity index (χ4v) is 4.81. The molecule has 7 heteroatoms. The highest BCUT2D eigenvalue weighted by atomic mass is 16.5.